The minimum Gasteiger partial charge on any atom is -0.370 e. The third kappa shape index (κ3) is 5.90. The first kappa shape index (κ1) is 17.7. The Labute approximate surface area is 130 Å². The maximum atomic E-state index is 4.55. The van der Waals surface area contributed by atoms with Gasteiger partial charge in [-0.15, -0.1) is 0 Å². The van der Waals surface area contributed by atoms with Crippen molar-refractivity contribution in [3.8, 4) is 0 Å². The Morgan fingerprint density at radius 1 is 1.05 bits per heavy atom. The molecule has 120 valence electrons. The van der Waals surface area contributed by atoms with E-state index in [1.165, 1.54) is 12.8 Å². The second-order valence-electron chi connectivity index (χ2n) is 6.55. The fourth-order valence-electron chi connectivity index (χ4n) is 2.26. The molecule has 0 unspecified atom stereocenters. The molecule has 0 fully saturated rings. The number of aromatic nitrogens is 2. The summed E-state index contributed by atoms with van der Waals surface area (Å²) in [5.41, 5.74) is 1.16. The summed E-state index contributed by atoms with van der Waals surface area (Å²) in [6, 6.07) is 0. The zero-order valence-corrected chi connectivity index (χ0v) is 14.6. The zero-order chi connectivity index (χ0) is 15.8. The minimum atomic E-state index is 0.710. The van der Waals surface area contributed by atoms with Crippen LogP contribution in [0.5, 0.6) is 0 Å². The maximum Gasteiger partial charge on any atom is 0.137 e. The third-order valence-corrected chi connectivity index (χ3v) is 3.65. The summed E-state index contributed by atoms with van der Waals surface area (Å²) in [4.78, 5) is 11.3. The van der Waals surface area contributed by atoms with Crippen LogP contribution in [0.3, 0.4) is 0 Å². The lowest BCUT2D eigenvalue weighted by Gasteiger charge is -2.27. The van der Waals surface area contributed by atoms with E-state index in [1.54, 1.807) is 6.33 Å². The number of hydrogen-bond donors (Lipinski definition) is 1. The largest absolute Gasteiger partial charge is 0.370 e. The smallest absolute Gasteiger partial charge is 0.137 e. The normalized spacial score (nSPS) is 11.2. The quantitative estimate of drug-likeness (QED) is 0.743. The first-order valence-corrected chi connectivity index (χ1v) is 8.26. The van der Waals surface area contributed by atoms with Gasteiger partial charge < -0.3 is 10.2 Å². The molecular formula is C17H32N4. The summed E-state index contributed by atoms with van der Waals surface area (Å²) in [7, 11) is 0. The van der Waals surface area contributed by atoms with E-state index in [0.29, 0.717) is 11.8 Å². The highest BCUT2D eigenvalue weighted by molar-refractivity contribution is 5.57. The number of nitrogens with one attached hydrogen (secondary N) is 1. The Kier molecular flexibility index (Phi) is 7.48. The first-order chi connectivity index (χ1) is 9.95. The van der Waals surface area contributed by atoms with Crippen molar-refractivity contribution in [2.75, 3.05) is 29.9 Å². The van der Waals surface area contributed by atoms with Gasteiger partial charge in [-0.1, -0.05) is 27.7 Å². The van der Waals surface area contributed by atoms with Crippen LogP contribution >= 0.6 is 0 Å². The van der Waals surface area contributed by atoms with E-state index >= 15 is 0 Å². The molecule has 1 aromatic heterocycles. The minimum absolute atomic E-state index is 0.710. The van der Waals surface area contributed by atoms with Crippen molar-refractivity contribution >= 4 is 11.6 Å². The summed E-state index contributed by atoms with van der Waals surface area (Å²) < 4.78 is 0. The number of rotatable bonds is 9. The van der Waals surface area contributed by atoms with Crippen molar-refractivity contribution in [3.05, 3.63) is 11.9 Å². The van der Waals surface area contributed by atoms with Crippen molar-refractivity contribution < 1.29 is 0 Å². The van der Waals surface area contributed by atoms with Gasteiger partial charge in [0.1, 0.15) is 18.0 Å². The Balaban J connectivity index is 2.92. The summed E-state index contributed by atoms with van der Waals surface area (Å²) in [6.45, 7) is 16.3. The van der Waals surface area contributed by atoms with Crippen LogP contribution in [0.1, 0.15) is 53.0 Å². The molecule has 0 bridgehead atoms. The molecule has 0 aromatic carbocycles. The van der Waals surface area contributed by atoms with Crippen LogP contribution in [0.2, 0.25) is 0 Å². The van der Waals surface area contributed by atoms with E-state index in [0.717, 1.165) is 36.8 Å². The number of anilines is 2. The molecule has 0 aliphatic rings. The molecule has 0 aliphatic heterocycles. The molecule has 1 aromatic rings. The molecule has 0 saturated heterocycles. The predicted octanol–water partition coefficient (Wildman–Crippen LogP) is 4.12. The Morgan fingerprint density at radius 3 is 2.10 bits per heavy atom. The molecule has 0 saturated carbocycles. The van der Waals surface area contributed by atoms with Gasteiger partial charge in [-0.25, -0.2) is 9.97 Å². The van der Waals surface area contributed by atoms with Crippen molar-refractivity contribution in [1.29, 1.82) is 0 Å². The van der Waals surface area contributed by atoms with E-state index < -0.39 is 0 Å². The molecule has 4 heteroatoms. The molecule has 0 aliphatic carbocycles. The summed E-state index contributed by atoms with van der Waals surface area (Å²) in [6.07, 6.45) is 4.06. The van der Waals surface area contributed by atoms with Crippen LogP contribution in [-0.4, -0.2) is 29.6 Å². The standard InChI is InChI=1S/C17H32N4/c1-7-18-16-15(6)17(20-12-19-16)21(10-8-13(2)3)11-9-14(4)5/h12-14H,7-11H2,1-6H3,(H,18,19,20). The van der Waals surface area contributed by atoms with E-state index in [-0.39, 0.29) is 0 Å². The van der Waals surface area contributed by atoms with E-state index in [1.807, 2.05) is 0 Å². The lowest BCUT2D eigenvalue weighted by molar-refractivity contribution is 0.532. The topological polar surface area (TPSA) is 41.1 Å². The van der Waals surface area contributed by atoms with Crippen LogP contribution in [0.25, 0.3) is 0 Å². The Hall–Kier alpha value is -1.32. The molecule has 21 heavy (non-hydrogen) atoms. The molecule has 0 spiro atoms. The summed E-state index contributed by atoms with van der Waals surface area (Å²) in [5.74, 6) is 3.47. The monoisotopic (exact) mass is 292 g/mol. The van der Waals surface area contributed by atoms with Gasteiger partial charge in [0.25, 0.3) is 0 Å². The lowest BCUT2D eigenvalue weighted by atomic mass is 10.1. The molecule has 1 heterocycles. The SMILES string of the molecule is CCNc1ncnc(N(CCC(C)C)CCC(C)C)c1C. The van der Waals surface area contributed by atoms with Gasteiger partial charge in [0, 0.05) is 25.2 Å². The summed E-state index contributed by atoms with van der Waals surface area (Å²) in [5, 5.41) is 3.32. The fourth-order valence-corrected chi connectivity index (χ4v) is 2.26. The van der Waals surface area contributed by atoms with Gasteiger partial charge in [-0.05, 0) is 38.5 Å². The van der Waals surface area contributed by atoms with E-state index in [9.17, 15) is 0 Å². The number of nitrogens with zero attached hydrogens (tertiary/aromatic N) is 3. The van der Waals surface area contributed by atoms with Gasteiger partial charge in [-0.2, -0.15) is 0 Å². The molecule has 0 amide bonds. The second-order valence-corrected chi connectivity index (χ2v) is 6.55. The van der Waals surface area contributed by atoms with Crippen molar-refractivity contribution in [2.45, 2.75) is 54.4 Å². The van der Waals surface area contributed by atoms with Crippen LogP contribution < -0.4 is 10.2 Å². The van der Waals surface area contributed by atoms with Gasteiger partial charge in [0.2, 0.25) is 0 Å². The summed E-state index contributed by atoms with van der Waals surface area (Å²) >= 11 is 0. The molecule has 1 rings (SSSR count). The fraction of sp³-hybridized carbons (Fsp3) is 0.765. The Bertz CT molecular complexity index is 403. The first-order valence-electron chi connectivity index (χ1n) is 8.26. The van der Waals surface area contributed by atoms with Crippen molar-refractivity contribution in [2.24, 2.45) is 11.8 Å². The highest BCUT2D eigenvalue weighted by Crippen LogP contribution is 2.23. The van der Waals surface area contributed by atoms with Gasteiger partial charge in [0.15, 0.2) is 0 Å². The van der Waals surface area contributed by atoms with E-state index in [4.69, 9.17) is 0 Å². The molecule has 4 nitrogen and oxygen atoms in total. The van der Waals surface area contributed by atoms with Crippen LogP contribution in [0.4, 0.5) is 11.6 Å². The van der Waals surface area contributed by atoms with Crippen LogP contribution in [0.15, 0.2) is 6.33 Å². The zero-order valence-electron chi connectivity index (χ0n) is 14.6. The highest BCUT2D eigenvalue weighted by Gasteiger charge is 2.15. The average Bonchev–Trinajstić information content (AvgIpc) is 2.41. The van der Waals surface area contributed by atoms with Gasteiger partial charge >= 0.3 is 0 Å². The van der Waals surface area contributed by atoms with Crippen LogP contribution in [0, 0.1) is 18.8 Å². The lowest BCUT2D eigenvalue weighted by Crippen LogP contribution is -2.29. The van der Waals surface area contributed by atoms with Crippen LogP contribution in [-0.2, 0) is 0 Å². The molecule has 1 N–H and O–H groups in total. The average molecular weight is 292 g/mol. The predicted molar refractivity (Wildman–Crippen MR) is 92.1 cm³/mol. The third-order valence-electron chi connectivity index (χ3n) is 3.65. The number of hydrogen-bond acceptors (Lipinski definition) is 4. The van der Waals surface area contributed by atoms with E-state index in [2.05, 4.69) is 61.7 Å². The Morgan fingerprint density at radius 2 is 1.62 bits per heavy atom. The molecule has 0 radical (unpaired) electrons. The van der Waals surface area contributed by atoms with Crippen molar-refractivity contribution in [1.82, 2.24) is 9.97 Å². The van der Waals surface area contributed by atoms with Gasteiger partial charge in [-0.3, -0.25) is 0 Å². The molecule has 0 atom stereocenters. The van der Waals surface area contributed by atoms with Crippen molar-refractivity contribution in [3.63, 3.8) is 0 Å². The molecular weight excluding hydrogens is 260 g/mol. The highest BCUT2D eigenvalue weighted by atomic mass is 15.2. The van der Waals surface area contributed by atoms with Gasteiger partial charge in [0.05, 0.1) is 0 Å². The second kappa shape index (κ2) is 8.85. The maximum absolute atomic E-state index is 4.55.